The Hall–Kier alpha value is -2.68. The van der Waals surface area contributed by atoms with Crippen molar-refractivity contribution in [2.24, 2.45) is 7.05 Å². The van der Waals surface area contributed by atoms with Crippen molar-refractivity contribution in [2.75, 3.05) is 0 Å². The van der Waals surface area contributed by atoms with E-state index in [1.54, 1.807) is 4.57 Å². The van der Waals surface area contributed by atoms with Gasteiger partial charge in [-0.1, -0.05) is 30.3 Å². The maximum absolute atomic E-state index is 12.7. The maximum atomic E-state index is 12.7. The fourth-order valence-corrected chi connectivity index (χ4v) is 3.00. The van der Waals surface area contributed by atoms with Crippen molar-refractivity contribution in [1.29, 1.82) is 0 Å². The van der Waals surface area contributed by atoms with Crippen LogP contribution >= 0.6 is 15.9 Å². The van der Waals surface area contributed by atoms with E-state index in [0.29, 0.717) is 15.8 Å². The molecule has 8 nitrogen and oxygen atoms in total. The first-order chi connectivity index (χ1) is 11.4. The summed E-state index contributed by atoms with van der Waals surface area (Å²) in [5, 5.41) is 8.95. The summed E-state index contributed by atoms with van der Waals surface area (Å²) in [5.41, 5.74) is -0.0737. The van der Waals surface area contributed by atoms with Gasteiger partial charge in [-0.3, -0.25) is 14.2 Å². The maximum Gasteiger partial charge on any atom is 0.333 e. The first-order valence-electron chi connectivity index (χ1n) is 7.01. The third-order valence-corrected chi connectivity index (χ3v) is 4.27. The van der Waals surface area contributed by atoms with Crippen LogP contribution in [0.2, 0.25) is 0 Å². The number of hydrogen-bond donors (Lipinski definition) is 1. The van der Waals surface area contributed by atoms with Gasteiger partial charge >= 0.3 is 11.7 Å². The highest BCUT2D eigenvalue weighted by Crippen LogP contribution is 2.18. The van der Waals surface area contributed by atoms with Crippen molar-refractivity contribution in [3.63, 3.8) is 0 Å². The van der Waals surface area contributed by atoms with E-state index in [-0.39, 0.29) is 11.2 Å². The molecule has 0 fully saturated rings. The van der Waals surface area contributed by atoms with Gasteiger partial charge in [0, 0.05) is 7.05 Å². The number of aromatic nitrogens is 4. The van der Waals surface area contributed by atoms with E-state index in [2.05, 4.69) is 20.9 Å². The van der Waals surface area contributed by atoms with Crippen molar-refractivity contribution in [3.05, 3.63) is 61.5 Å². The second-order valence-electron chi connectivity index (χ2n) is 5.25. The molecule has 0 amide bonds. The molecule has 3 aromatic rings. The van der Waals surface area contributed by atoms with Gasteiger partial charge in [-0.2, -0.15) is 0 Å². The minimum absolute atomic E-state index is 0.175. The molecule has 2 aromatic heterocycles. The summed E-state index contributed by atoms with van der Waals surface area (Å²) in [7, 11) is 1.45. The highest BCUT2D eigenvalue weighted by molar-refractivity contribution is 9.10. The van der Waals surface area contributed by atoms with Gasteiger partial charge < -0.3 is 9.67 Å². The van der Waals surface area contributed by atoms with E-state index < -0.39 is 23.8 Å². The lowest BCUT2D eigenvalue weighted by Crippen LogP contribution is -2.41. The molecule has 0 aliphatic carbocycles. The molecule has 9 heteroatoms. The van der Waals surface area contributed by atoms with Gasteiger partial charge in [-0.05, 0) is 21.5 Å². The number of aliphatic carboxylic acids is 1. The van der Waals surface area contributed by atoms with Crippen LogP contribution in [0.3, 0.4) is 0 Å². The molecule has 124 valence electrons. The molecule has 0 aliphatic heterocycles. The first kappa shape index (κ1) is 16.2. The molecule has 0 saturated carbocycles. The van der Waals surface area contributed by atoms with E-state index >= 15 is 0 Å². The smallest absolute Gasteiger partial charge is 0.333 e. The van der Waals surface area contributed by atoms with Gasteiger partial charge in [0.05, 0.1) is 6.54 Å². The van der Waals surface area contributed by atoms with Crippen LogP contribution in [0.25, 0.3) is 11.2 Å². The molecule has 0 radical (unpaired) electrons. The molecular weight excluding hydrogens is 380 g/mol. The number of hydrogen-bond acceptors (Lipinski definition) is 4. The molecular formula is C15H13BrN4O4. The molecule has 1 N–H and O–H groups in total. The van der Waals surface area contributed by atoms with E-state index in [1.165, 1.54) is 11.6 Å². The second kappa shape index (κ2) is 6.08. The SMILES string of the molecule is Cn1c(=O)n(CC(=O)O)c(=O)c2c1nc(Br)n2Cc1ccccc1. The third-order valence-electron chi connectivity index (χ3n) is 3.66. The first-order valence-corrected chi connectivity index (χ1v) is 7.80. The fraction of sp³-hybridized carbons (Fsp3) is 0.200. The number of halogens is 1. The molecule has 3 rings (SSSR count). The van der Waals surface area contributed by atoms with Crippen molar-refractivity contribution >= 4 is 33.1 Å². The molecule has 0 atom stereocenters. The fourth-order valence-electron chi connectivity index (χ4n) is 2.53. The second-order valence-corrected chi connectivity index (χ2v) is 5.96. The van der Waals surface area contributed by atoms with Gasteiger partial charge in [-0.15, -0.1) is 0 Å². The number of imidazole rings is 1. The minimum Gasteiger partial charge on any atom is -0.480 e. The molecule has 0 saturated heterocycles. The minimum atomic E-state index is -1.26. The van der Waals surface area contributed by atoms with Crippen molar-refractivity contribution in [1.82, 2.24) is 18.7 Å². The number of rotatable bonds is 4. The Bertz CT molecular complexity index is 1050. The zero-order valence-corrected chi connectivity index (χ0v) is 14.2. The molecule has 0 spiro atoms. The highest BCUT2D eigenvalue weighted by atomic mass is 79.9. The Morgan fingerprint density at radius 1 is 1.21 bits per heavy atom. The van der Waals surface area contributed by atoms with E-state index in [0.717, 1.165) is 5.56 Å². The Kier molecular flexibility index (Phi) is 4.10. The van der Waals surface area contributed by atoms with Crippen LogP contribution in [0.4, 0.5) is 0 Å². The zero-order valence-electron chi connectivity index (χ0n) is 12.6. The Morgan fingerprint density at radius 3 is 2.50 bits per heavy atom. The lowest BCUT2D eigenvalue weighted by molar-refractivity contribution is -0.137. The topological polar surface area (TPSA) is 99.1 Å². The largest absolute Gasteiger partial charge is 0.480 e. The lowest BCUT2D eigenvalue weighted by Gasteiger charge is -2.09. The number of nitrogens with zero attached hydrogens (tertiary/aromatic N) is 4. The molecule has 1 aromatic carbocycles. The lowest BCUT2D eigenvalue weighted by atomic mass is 10.2. The van der Waals surface area contributed by atoms with Crippen LogP contribution in [0.5, 0.6) is 0 Å². The summed E-state index contributed by atoms with van der Waals surface area (Å²) in [4.78, 5) is 40.1. The Morgan fingerprint density at radius 2 is 1.88 bits per heavy atom. The van der Waals surface area contributed by atoms with Crippen molar-refractivity contribution in [3.8, 4) is 0 Å². The van der Waals surface area contributed by atoms with Gasteiger partial charge in [0.1, 0.15) is 6.54 Å². The average molecular weight is 393 g/mol. The average Bonchev–Trinajstić information content (AvgIpc) is 2.87. The predicted octanol–water partition coefficient (Wildman–Crippen LogP) is 0.792. The van der Waals surface area contributed by atoms with Crippen LogP contribution in [-0.4, -0.2) is 29.8 Å². The summed E-state index contributed by atoms with van der Waals surface area (Å²) in [6, 6.07) is 9.43. The summed E-state index contributed by atoms with van der Waals surface area (Å²) >= 11 is 3.31. The van der Waals surface area contributed by atoms with Crippen LogP contribution in [-0.2, 0) is 24.9 Å². The van der Waals surface area contributed by atoms with Gasteiger partial charge in [0.2, 0.25) is 0 Å². The summed E-state index contributed by atoms with van der Waals surface area (Å²) in [6.07, 6.45) is 0. The van der Waals surface area contributed by atoms with E-state index in [4.69, 9.17) is 5.11 Å². The molecule has 2 heterocycles. The van der Waals surface area contributed by atoms with Crippen LogP contribution in [0.15, 0.2) is 44.7 Å². The van der Waals surface area contributed by atoms with Gasteiger partial charge in [-0.25, -0.2) is 14.3 Å². The van der Waals surface area contributed by atoms with Crippen LogP contribution < -0.4 is 11.2 Å². The summed E-state index contributed by atoms with van der Waals surface area (Å²) < 4.78 is 3.87. The third kappa shape index (κ3) is 2.67. The van der Waals surface area contributed by atoms with E-state index in [9.17, 15) is 14.4 Å². The summed E-state index contributed by atoms with van der Waals surface area (Å²) in [5.74, 6) is -1.26. The quantitative estimate of drug-likeness (QED) is 0.661. The van der Waals surface area contributed by atoms with E-state index in [1.807, 2.05) is 30.3 Å². The number of carbonyl (C=O) groups is 1. The van der Waals surface area contributed by atoms with Gasteiger partial charge in [0.15, 0.2) is 15.9 Å². The number of carboxylic acid groups (broad SMARTS) is 1. The molecule has 0 unspecified atom stereocenters. The van der Waals surface area contributed by atoms with Gasteiger partial charge in [0.25, 0.3) is 5.56 Å². The molecule has 24 heavy (non-hydrogen) atoms. The van der Waals surface area contributed by atoms with Crippen molar-refractivity contribution < 1.29 is 9.90 Å². The molecule has 0 aliphatic rings. The normalized spacial score (nSPS) is 11.1. The number of benzene rings is 1. The predicted molar refractivity (Wildman–Crippen MR) is 90.1 cm³/mol. The standard InChI is InChI=1S/C15H13BrN4O4/c1-18-12-11(13(23)20(15(18)24)8-10(21)22)19(14(16)17-12)7-9-5-3-2-4-6-9/h2-6H,7-8H2,1H3,(H,21,22). The zero-order chi connectivity index (χ0) is 17.4. The molecule has 0 bridgehead atoms. The van der Waals surface area contributed by atoms with Crippen molar-refractivity contribution in [2.45, 2.75) is 13.1 Å². The Labute approximate surface area is 143 Å². The van der Waals surface area contributed by atoms with Crippen LogP contribution in [0.1, 0.15) is 5.56 Å². The number of fused-ring (bicyclic) bond motifs is 1. The Balaban J connectivity index is 2.29. The summed E-state index contributed by atoms with van der Waals surface area (Å²) in [6.45, 7) is -0.339. The van der Waals surface area contributed by atoms with Crippen LogP contribution in [0, 0.1) is 0 Å². The monoisotopic (exact) mass is 392 g/mol. The highest BCUT2D eigenvalue weighted by Gasteiger charge is 2.20. The number of carboxylic acids is 1. The number of aryl methyl sites for hydroxylation is 1.